The van der Waals surface area contributed by atoms with Gasteiger partial charge in [0.05, 0.1) is 12.3 Å². The molecule has 0 bridgehead atoms. The van der Waals surface area contributed by atoms with Gasteiger partial charge >= 0.3 is 5.97 Å². The van der Waals surface area contributed by atoms with Gasteiger partial charge in [-0.2, -0.15) is 0 Å². The number of nitrogens with zero attached hydrogens (tertiary/aromatic N) is 2. The SMILES string of the molecule is CC(C)c1cnc(SCC(=O)O)n1Cc1ccccc1Cl. The van der Waals surface area contributed by atoms with Gasteiger partial charge in [0.2, 0.25) is 0 Å². The Morgan fingerprint density at radius 2 is 2.14 bits per heavy atom. The van der Waals surface area contributed by atoms with E-state index in [1.807, 2.05) is 35.0 Å². The van der Waals surface area contributed by atoms with Crippen LogP contribution in [-0.2, 0) is 11.3 Å². The van der Waals surface area contributed by atoms with Crippen molar-refractivity contribution in [2.75, 3.05) is 5.75 Å². The fourth-order valence-electron chi connectivity index (χ4n) is 2.03. The van der Waals surface area contributed by atoms with Crippen LogP contribution in [0.25, 0.3) is 0 Å². The van der Waals surface area contributed by atoms with E-state index in [4.69, 9.17) is 16.7 Å². The molecule has 0 amide bonds. The van der Waals surface area contributed by atoms with Crippen LogP contribution in [-0.4, -0.2) is 26.4 Å². The van der Waals surface area contributed by atoms with Crippen LogP contribution in [0.5, 0.6) is 0 Å². The number of carboxylic acids is 1. The summed E-state index contributed by atoms with van der Waals surface area (Å²) in [6.45, 7) is 4.77. The van der Waals surface area contributed by atoms with Gasteiger partial charge in [-0.25, -0.2) is 4.98 Å². The van der Waals surface area contributed by atoms with E-state index in [0.717, 1.165) is 11.3 Å². The van der Waals surface area contributed by atoms with E-state index >= 15 is 0 Å². The van der Waals surface area contributed by atoms with E-state index in [9.17, 15) is 4.79 Å². The Labute approximate surface area is 133 Å². The Bertz CT molecular complexity index is 640. The minimum atomic E-state index is -0.849. The second-order valence-electron chi connectivity index (χ2n) is 4.98. The Hall–Kier alpha value is -1.46. The molecule has 1 aromatic heterocycles. The summed E-state index contributed by atoms with van der Waals surface area (Å²) in [5, 5.41) is 10.2. The van der Waals surface area contributed by atoms with Crippen LogP contribution in [0.3, 0.4) is 0 Å². The molecule has 2 aromatic rings. The van der Waals surface area contributed by atoms with Gasteiger partial charge in [0, 0.05) is 16.9 Å². The Morgan fingerprint density at radius 1 is 1.43 bits per heavy atom. The van der Waals surface area contributed by atoms with E-state index in [-0.39, 0.29) is 5.75 Å². The highest BCUT2D eigenvalue weighted by Crippen LogP contribution is 2.26. The molecular weight excluding hydrogens is 308 g/mol. The molecule has 0 aliphatic carbocycles. The largest absolute Gasteiger partial charge is 0.481 e. The third kappa shape index (κ3) is 4.02. The van der Waals surface area contributed by atoms with Crippen molar-refractivity contribution in [2.24, 2.45) is 0 Å². The van der Waals surface area contributed by atoms with Crippen LogP contribution in [0, 0.1) is 0 Å². The monoisotopic (exact) mass is 324 g/mol. The van der Waals surface area contributed by atoms with Crippen molar-refractivity contribution >= 4 is 29.3 Å². The summed E-state index contributed by atoms with van der Waals surface area (Å²) < 4.78 is 2.04. The van der Waals surface area contributed by atoms with Gasteiger partial charge in [0.1, 0.15) is 0 Å². The molecule has 0 aliphatic heterocycles. The van der Waals surface area contributed by atoms with Crippen LogP contribution in [0.2, 0.25) is 5.02 Å². The molecule has 0 spiro atoms. The molecule has 0 aliphatic rings. The number of hydrogen-bond acceptors (Lipinski definition) is 3. The van der Waals surface area contributed by atoms with Crippen LogP contribution in [0.15, 0.2) is 35.6 Å². The summed E-state index contributed by atoms with van der Waals surface area (Å²) >= 11 is 7.45. The zero-order chi connectivity index (χ0) is 15.4. The maximum Gasteiger partial charge on any atom is 0.313 e. The number of hydrogen-bond donors (Lipinski definition) is 1. The molecular formula is C15H17ClN2O2S. The number of imidazole rings is 1. The number of aliphatic carboxylic acids is 1. The van der Waals surface area contributed by atoms with Crippen molar-refractivity contribution in [3.63, 3.8) is 0 Å². The highest BCUT2D eigenvalue weighted by molar-refractivity contribution is 7.99. The molecule has 21 heavy (non-hydrogen) atoms. The van der Waals surface area contributed by atoms with Gasteiger partial charge in [-0.15, -0.1) is 0 Å². The quantitative estimate of drug-likeness (QED) is 0.819. The number of thioether (sulfide) groups is 1. The zero-order valence-corrected chi connectivity index (χ0v) is 13.5. The average Bonchev–Trinajstić information content (AvgIpc) is 2.82. The summed E-state index contributed by atoms with van der Waals surface area (Å²) in [4.78, 5) is 15.1. The molecule has 1 heterocycles. The van der Waals surface area contributed by atoms with Crippen molar-refractivity contribution in [3.8, 4) is 0 Å². The molecule has 1 aromatic carbocycles. The van der Waals surface area contributed by atoms with Gasteiger partial charge in [-0.05, 0) is 17.5 Å². The van der Waals surface area contributed by atoms with Crippen LogP contribution >= 0.6 is 23.4 Å². The molecule has 0 saturated carbocycles. The number of carbonyl (C=O) groups is 1. The second-order valence-corrected chi connectivity index (χ2v) is 6.33. The summed E-state index contributed by atoms with van der Waals surface area (Å²) in [6, 6.07) is 7.66. The lowest BCUT2D eigenvalue weighted by Crippen LogP contribution is -2.09. The molecule has 2 rings (SSSR count). The first-order valence-corrected chi connectivity index (χ1v) is 7.98. The molecule has 0 unspecified atom stereocenters. The van der Waals surface area contributed by atoms with E-state index in [1.54, 1.807) is 0 Å². The summed E-state index contributed by atoms with van der Waals surface area (Å²) in [6.07, 6.45) is 1.81. The minimum absolute atomic E-state index is 0.00291. The van der Waals surface area contributed by atoms with Crippen LogP contribution in [0.1, 0.15) is 31.0 Å². The van der Waals surface area contributed by atoms with Crippen LogP contribution in [0.4, 0.5) is 0 Å². The zero-order valence-electron chi connectivity index (χ0n) is 11.9. The Kier molecular flexibility index (Phi) is 5.31. The second kappa shape index (κ2) is 7.00. The molecule has 0 fully saturated rings. The summed E-state index contributed by atoms with van der Waals surface area (Å²) in [5.41, 5.74) is 2.07. The highest BCUT2D eigenvalue weighted by Gasteiger charge is 2.15. The van der Waals surface area contributed by atoms with E-state index in [1.165, 1.54) is 11.8 Å². The first-order valence-electron chi connectivity index (χ1n) is 6.62. The van der Waals surface area contributed by atoms with Gasteiger partial charge in [0.25, 0.3) is 0 Å². The molecule has 0 atom stereocenters. The van der Waals surface area contributed by atoms with E-state index in [0.29, 0.717) is 22.6 Å². The fourth-order valence-corrected chi connectivity index (χ4v) is 2.93. The number of rotatable bonds is 6. The average molecular weight is 325 g/mol. The van der Waals surface area contributed by atoms with Gasteiger partial charge in [0.15, 0.2) is 5.16 Å². The molecule has 112 valence electrons. The number of carboxylic acid groups (broad SMARTS) is 1. The van der Waals surface area contributed by atoms with E-state index in [2.05, 4.69) is 18.8 Å². The van der Waals surface area contributed by atoms with Crippen molar-refractivity contribution < 1.29 is 9.90 Å². The third-order valence-electron chi connectivity index (χ3n) is 3.05. The maximum absolute atomic E-state index is 10.8. The normalized spacial score (nSPS) is 11.0. The van der Waals surface area contributed by atoms with Crippen molar-refractivity contribution in [1.82, 2.24) is 9.55 Å². The number of aromatic nitrogens is 2. The lowest BCUT2D eigenvalue weighted by molar-refractivity contribution is -0.133. The predicted molar refractivity (Wildman–Crippen MR) is 85.2 cm³/mol. The standard InChI is InChI=1S/C15H17ClN2O2S/c1-10(2)13-7-17-15(21-9-14(19)20)18(13)8-11-5-3-4-6-12(11)16/h3-7,10H,8-9H2,1-2H3,(H,19,20). The smallest absolute Gasteiger partial charge is 0.313 e. The van der Waals surface area contributed by atoms with Gasteiger partial charge < -0.3 is 9.67 Å². The summed E-state index contributed by atoms with van der Waals surface area (Å²) in [7, 11) is 0. The first kappa shape index (κ1) is 15.9. The minimum Gasteiger partial charge on any atom is -0.481 e. The van der Waals surface area contributed by atoms with Crippen LogP contribution < -0.4 is 0 Å². The molecule has 0 radical (unpaired) electrons. The lowest BCUT2D eigenvalue weighted by Gasteiger charge is -2.14. The Morgan fingerprint density at radius 3 is 2.76 bits per heavy atom. The maximum atomic E-state index is 10.8. The third-order valence-corrected chi connectivity index (χ3v) is 4.40. The van der Waals surface area contributed by atoms with Crippen molar-refractivity contribution in [2.45, 2.75) is 31.5 Å². The predicted octanol–water partition coefficient (Wildman–Crippen LogP) is 3.88. The first-order chi connectivity index (χ1) is 9.99. The van der Waals surface area contributed by atoms with Crippen molar-refractivity contribution in [1.29, 1.82) is 0 Å². The highest BCUT2D eigenvalue weighted by atomic mass is 35.5. The topological polar surface area (TPSA) is 55.1 Å². The molecule has 0 saturated heterocycles. The molecule has 6 heteroatoms. The molecule has 1 N–H and O–H groups in total. The molecule has 4 nitrogen and oxygen atoms in total. The van der Waals surface area contributed by atoms with Gasteiger partial charge in [-0.1, -0.05) is 55.4 Å². The van der Waals surface area contributed by atoms with E-state index < -0.39 is 5.97 Å². The lowest BCUT2D eigenvalue weighted by atomic mass is 10.1. The van der Waals surface area contributed by atoms with Gasteiger partial charge in [-0.3, -0.25) is 4.79 Å². The number of benzene rings is 1. The Balaban J connectivity index is 2.32. The summed E-state index contributed by atoms with van der Waals surface area (Å²) in [5.74, 6) is -0.547. The van der Waals surface area contributed by atoms with Crippen molar-refractivity contribution in [3.05, 3.63) is 46.7 Å². The fraction of sp³-hybridized carbons (Fsp3) is 0.333. The number of halogens is 1.